The second-order valence-electron chi connectivity index (χ2n) is 6.11. The zero-order valence-electron chi connectivity index (χ0n) is 14.8. The van der Waals surface area contributed by atoms with Gasteiger partial charge in [-0.25, -0.2) is 0 Å². The normalized spacial score (nSPS) is 10.5. The van der Waals surface area contributed by atoms with Gasteiger partial charge in [-0.1, -0.05) is 78.3 Å². The van der Waals surface area contributed by atoms with Gasteiger partial charge in [-0.05, 0) is 48.0 Å². The van der Waals surface area contributed by atoms with Crippen LogP contribution in [0.5, 0.6) is 0 Å². The summed E-state index contributed by atoms with van der Waals surface area (Å²) in [6.45, 7) is 1.89. The van der Waals surface area contributed by atoms with E-state index < -0.39 is 5.92 Å². The van der Waals surface area contributed by atoms with E-state index in [9.17, 15) is 4.79 Å². The first-order valence-corrected chi connectivity index (χ1v) is 9.31. The van der Waals surface area contributed by atoms with Gasteiger partial charge in [0.05, 0.1) is 5.92 Å². The van der Waals surface area contributed by atoms with Gasteiger partial charge in [0, 0.05) is 10.7 Å². The van der Waals surface area contributed by atoms with Crippen molar-refractivity contribution in [1.29, 1.82) is 0 Å². The van der Waals surface area contributed by atoms with Crippen LogP contribution in [0.25, 0.3) is 0 Å². The van der Waals surface area contributed by atoms with Crippen molar-refractivity contribution in [2.75, 3.05) is 5.32 Å². The summed E-state index contributed by atoms with van der Waals surface area (Å²) in [5.41, 5.74) is 3.45. The van der Waals surface area contributed by atoms with E-state index >= 15 is 0 Å². The molecule has 1 amide bonds. The van der Waals surface area contributed by atoms with E-state index in [0.717, 1.165) is 22.4 Å². The van der Waals surface area contributed by atoms with Crippen LogP contribution in [0.2, 0.25) is 5.02 Å². The summed E-state index contributed by atoms with van der Waals surface area (Å²) >= 11 is 11.5. The standard InChI is InChI=1S/C22H19ClN2OS/c1-15-18(23)13-8-14-19(15)24-22(27)25-21(26)20(16-9-4-2-5-10-16)17-11-6-3-7-12-17/h2-14,20H,1H3,(H2,24,25,26,27). The third-order valence-corrected chi connectivity index (χ3v) is 4.89. The summed E-state index contributed by atoms with van der Waals surface area (Å²) in [7, 11) is 0. The molecule has 0 fully saturated rings. The van der Waals surface area contributed by atoms with Crippen molar-refractivity contribution < 1.29 is 4.79 Å². The van der Waals surface area contributed by atoms with Gasteiger partial charge in [0.15, 0.2) is 5.11 Å². The Balaban J connectivity index is 1.80. The van der Waals surface area contributed by atoms with Gasteiger partial charge in [-0.15, -0.1) is 0 Å². The van der Waals surface area contributed by atoms with Gasteiger partial charge in [-0.3, -0.25) is 4.79 Å². The fourth-order valence-corrected chi connectivity index (χ4v) is 3.25. The van der Waals surface area contributed by atoms with E-state index in [4.69, 9.17) is 23.8 Å². The molecule has 0 spiro atoms. The lowest BCUT2D eigenvalue weighted by Crippen LogP contribution is -2.38. The van der Waals surface area contributed by atoms with Gasteiger partial charge in [0.2, 0.25) is 5.91 Å². The van der Waals surface area contributed by atoms with E-state index in [1.165, 1.54) is 0 Å². The van der Waals surface area contributed by atoms with Gasteiger partial charge >= 0.3 is 0 Å². The molecule has 136 valence electrons. The number of halogens is 1. The average Bonchev–Trinajstić information content (AvgIpc) is 2.67. The number of anilines is 1. The third-order valence-electron chi connectivity index (χ3n) is 4.28. The zero-order chi connectivity index (χ0) is 19.2. The highest BCUT2D eigenvalue weighted by Gasteiger charge is 2.23. The molecule has 3 rings (SSSR count). The topological polar surface area (TPSA) is 41.1 Å². The van der Waals surface area contributed by atoms with Gasteiger partial charge in [0.1, 0.15) is 0 Å². The number of amides is 1. The van der Waals surface area contributed by atoms with E-state index in [-0.39, 0.29) is 11.0 Å². The van der Waals surface area contributed by atoms with Crippen LogP contribution < -0.4 is 10.6 Å². The highest BCUT2D eigenvalue weighted by Crippen LogP contribution is 2.25. The highest BCUT2D eigenvalue weighted by atomic mass is 35.5. The smallest absolute Gasteiger partial charge is 0.238 e. The second kappa shape index (κ2) is 8.80. The molecular weight excluding hydrogens is 376 g/mol. The van der Waals surface area contributed by atoms with Crippen molar-refractivity contribution in [1.82, 2.24) is 5.32 Å². The summed E-state index contributed by atoms with van der Waals surface area (Å²) < 4.78 is 0. The number of hydrogen-bond acceptors (Lipinski definition) is 2. The molecule has 0 bridgehead atoms. The molecule has 5 heteroatoms. The van der Waals surface area contributed by atoms with Crippen LogP contribution in [-0.2, 0) is 4.79 Å². The van der Waals surface area contributed by atoms with E-state index in [1.54, 1.807) is 0 Å². The Hall–Kier alpha value is -2.69. The van der Waals surface area contributed by atoms with Crippen molar-refractivity contribution in [3.63, 3.8) is 0 Å². The summed E-state index contributed by atoms with van der Waals surface area (Å²) in [5, 5.41) is 6.74. The molecule has 27 heavy (non-hydrogen) atoms. The largest absolute Gasteiger partial charge is 0.332 e. The number of benzene rings is 3. The molecule has 3 aromatic rings. The zero-order valence-corrected chi connectivity index (χ0v) is 16.3. The van der Waals surface area contributed by atoms with Crippen LogP contribution >= 0.6 is 23.8 Å². The van der Waals surface area contributed by atoms with E-state index in [0.29, 0.717) is 5.02 Å². The molecule has 0 saturated carbocycles. The molecule has 0 aromatic heterocycles. The number of rotatable bonds is 4. The Labute approximate surface area is 169 Å². The molecule has 0 radical (unpaired) electrons. The van der Waals surface area contributed by atoms with Crippen LogP contribution in [0.3, 0.4) is 0 Å². The summed E-state index contributed by atoms with van der Waals surface area (Å²) in [6, 6.07) is 24.8. The number of thiocarbonyl (C=S) groups is 1. The van der Waals surface area contributed by atoms with Crippen LogP contribution in [0.4, 0.5) is 5.69 Å². The Morgan fingerprint density at radius 3 is 2.00 bits per heavy atom. The van der Waals surface area contributed by atoms with Crippen LogP contribution in [-0.4, -0.2) is 11.0 Å². The van der Waals surface area contributed by atoms with E-state index in [1.807, 2.05) is 85.8 Å². The molecule has 0 unspecified atom stereocenters. The number of carbonyl (C=O) groups excluding carboxylic acids is 1. The molecule has 0 heterocycles. The molecule has 0 aliphatic carbocycles. The van der Waals surface area contributed by atoms with Crippen molar-refractivity contribution >= 4 is 40.5 Å². The summed E-state index contributed by atoms with van der Waals surface area (Å²) in [5.74, 6) is -0.641. The predicted octanol–water partition coefficient (Wildman–Crippen LogP) is 5.29. The number of carbonyl (C=O) groups is 1. The van der Waals surface area contributed by atoms with Crippen molar-refractivity contribution in [3.05, 3.63) is 101 Å². The first-order chi connectivity index (χ1) is 13.1. The quantitative estimate of drug-likeness (QED) is 0.590. The maximum atomic E-state index is 13.0. The first kappa shape index (κ1) is 19.1. The number of hydrogen-bond donors (Lipinski definition) is 2. The first-order valence-electron chi connectivity index (χ1n) is 8.53. The number of nitrogens with one attached hydrogen (secondary N) is 2. The summed E-state index contributed by atoms with van der Waals surface area (Å²) in [6.07, 6.45) is 0. The molecule has 3 aromatic carbocycles. The van der Waals surface area contributed by atoms with Crippen molar-refractivity contribution in [2.45, 2.75) is 12.8 Å². The minimum Gasteiger partial charge on any atom is -0.332 e. The molecular formula is C22H19ClN2OS. The predicted molar refractivity (Wildman–Crippen MR) is 115 cm³/mol. The minimum atomic E-state index is -0.451. The Morgan fingerprint density at radius 1 is 0.889 bits per heavy atom. The van der Waals surface area contributed by atoms with Crippen molar-refractivity contribution in [2.24, 2.45) is 0 Å². The van der Waals surface area contributed by atoms with E-state index in [2.05, 4.69) is 10.6 Å². The van der Waals surface area contributed by atoms with Crippen LogP contribution in [0.1, 0.15) is 22.6 Å². The molecule has 3 nitrogen and oxygen atoms in total. The SMILES string of the molecule is Cc1c(Cl)cccc1NC(=S)NC(=O)C(c1ccccc1)c1ccccc1. The molecule has 0 aliphatic rings. The lowest BCUT2D eigenvalue weighted by Gasteiger charge is -2.19. The van der Waals surface area contributed by atoms with Crippen molar-refractivity contribution in [3.8, 4) is 0 Å². The average molecular weight is 395 g/mol. The second-order valence-corrected chi connectivity index (χ2v) is 6.93. The molecule has 0 aliphatic heterocycles. The maximum Gasteiger partial charge on any atom is 0.238 e. The van der Waals surface area contributed by atoms with Gasteiger partial charge in [0.25, 0.3) is 0 Å². The van der Waals surface area contributed by atoms with Crippen LogP contribution in [0.15, 0.2) is 78.9 Å². The molecule has 0 atom stereocenters. The Kier molecular flexibility index (Phi) is 6.22. The fourth-order valence-electron chi connectivity index (χ4n) is 2.87. The minimum absolute atomic E-state index is 0.190. The fraction of sp³-hybridized carbons (Fsp3) is 0.0909. The monoisotopic (exact) mass is 394 g/mol. The Morgan fingerprint density at radius 2 is 1.44 bits per heavy atom. The maximum absolute atomic E-state index is 13.0. The Bertz CT molecular complexity index is 906. The molecule has 0 saturated heterocycles. The third kappa shape index (κ3) is 4.73. The lowest BCUT2D eigenvalue weighted by atomic mass is 9.90. The lowest BCUT2D eigenvalue weighted by molar-refractivity contribution is -0.120. The van der Waals surface area contributed by atoms with Crippen LogP contribution in [0, 0.1) is 6.92 Å². The van der Waals surface area contributed by atoms with Gasteiger partial charge in [-0.2, -0.15) is 0 Å². The molecule has 2 N–H and O–H groups in total. The van der Waals surface area contributed by atoms with Gasteiger partial charge < -0.3 is 10.6 Å². The highest BCUT2D eigenvalue weighted by molar-refractivity contribution is 7.80. The summed E-state index contributed by atoms with van der Waals surface area (Å²) in [4.78, 5) is 13.0.